The number of hydrogen-bond acceptors (Lipinski definition) is 6. The Morgan fingerprint density at radius 1 is 1.13 bits per heavy atom. The summed E-state index contributed by atoms with van der Waals surface area (Å²) in [5.74, 6) is -0.653. The number of aryl methyl sites for hydroxylation is 1. The van der Waals surface area contributed by atoms with Crippen LogP contribution in [-0.4, -0.2) is 20.7 Å². The van der Waals surface area contributed by atoms with Crippen LogP contribution in [0.15, 0.2) is 36.4 Å². The molecule has 1 aromatic heterocycles. The van der Waals surface area contributed by atoms with Crippen LogP contribution in [0.1, 0.15) is 21.7 Å². The Balaban J connectivity index is 2.21. The van der Waals surface area contributed by atoms with Gasteiger partial charge in [-0.3, -0.25) is 30.0 Å². The molecule has 1 amide bonds. The van der Waals surface area contributed by atoms with E-state index in [1.807, 2.05) is 0 Å². The van der Waals surface area contributed by atoms with E-state index >= 15 is 0 Å². The molecule has 0 unspecified atom stereocenters. The summed E-state index contributed by atoms with van der Waals surface area (Å²) >= 11 is 0. The van der Waals surface area contributed by atoms with Crippen molar-refractivity contribution in [1.29, 1.82) is 0 Å². The number of benzene rings is 1. The summed E-state index contributed by atoms with van der Waals surface area (Å²) in [6.45, 7) is 1.91. The molecule has 0 saturated heterocycles. The molecule has 23 heavy (non-hydrogen) atoms. The van der Waals surface area contributed by atoms with Crippen LogP contribution >= 0.6 is 0 Å². The van der Waals surface area contributed by atoms with Crippen LogP contribution in [-0.2, 0) is 6.54 Å². The van der Waals surface area contributed by atoms with E-state index in [1.165, 1.54) is 0 Å². The largest absolute Gasteiger partial charge is 0.346 e. The van der Waals surface area contributed by atoms with Crippen LogP contribution in [0.4, 0.5) is 11.4 Å². The molecule has 1 heterocycles. The maximum Gasteiger partial charge on any atom is 0.277 e. The standard InChI is InChI=1S/C14H12N4O5/c1-9-3-2-4-11(16-9)8-15-14(19)10-5-12(17(20)21)7-13(6-10)18(22)23/h2-7H,8H2,1H3,(H,15,19). The summed E-state index contributed by atoms with van der Waals surface area (Å²) in [4.78, 5) is 36.3. The van der Waals surface area contributed by atoms with E-state index in [0.717, 1.165) is 23.9 Å². The number of hydrogen-bond donors (Lipinski definition) is 1. The SMILES string of the molecule is Cc1cccc(CNC(=O)c2cc([N+](=O)[O-])cc([N+](=O)[O-])c2)n1. The number of aromatic nitrogens is 1. The first-order valence-electron chi connectivity index (χ1n) is 6.51. The third-order valence-corrected chi connectivity index (χ3v) is 2.96. The second kappa shape index (κ2) is 6.60. The molecule has 1 N–H and O–H groups in total. The molecular weight excluding hydrogens is 304 g/mol. The van der Waals surface area contributed by atoms with E-state index in [2.05, 4.69) is 10.3 Å². The summed E-state index contributed by atoms with van der Waals surface area (Å²) in [6.07, 6.45) is 0. The molecule has 1 aromatic carbocycles. The molecule has 118 valence electrons. The number of non-ortho nitro benzene ring substituents is 2. The predicted octanol–water partition coefficient (Wildman–Crippen LogP) is 2.14. The molecule has 0 atom stereocenters. The van der Waals surface area contributed by atoms with Gasteiger partial charge in [-0.05, 0) is 19.1 Å². The van der Waals surface area contributed by atoms with Crippen LogP contribution in [0.5, 0.6) is 0 Å². The zero-order valence-electron chi connectivity index (χ0n) is 12.1. The fraction of sp³-hybridized carbons (Fsp3) is 0.143. The Morgan fingerprint density at radius 3 is 2.26 bits per heavy atom. The van der Waals surface area contributed by atoms with Gasteiger partial charge in [0.2, 0.25) is 0 Å². The van der Waals surface area contributed by atoms with Gasteiger partial charge in [0.05, 0.1) is 33.7 Å². The van der Waals surface area contributed by atoms with Gasteiger partial charge in [-0.1, -0.05) is 6.07 Å². The molecule has 0 spiro atoms. The molecule has 9 heteroatoms. The van der Waals surface area contributed by atoms with Crippen molar-refractivity contribution in [2.75, 3.05) is 0 Å². The highest BCUT2D eigenvalue weighted by Crippen LogP contribution is 2.22. The lowest BCUT2D eigenvalue weighted by Crippen LogP contribution is -2.23. The number of pyridine rings is 1. The van der Waals surface area contributed by atoms with Crippen LogP contribution in [0.3, 0.4) is 0 Å². The molecule has 0 saturated carbocycles. The highest BCUT2D eigenvalue weighted by Gasteiger charge is 2.19. The first kappa shape index (κ1) is 16.0. The van der Waals surface area contributed by atoms with Crippen LogP contribution < -0.4 is 5.32 Å². The quantitative estimate of drug-likeness (QED) is 0.664. The minimum atomic E-state index is -0.786. The summed E-state index contributed by atoms with van der Waals surface area (Å²) in [5.41, 5.74) is 0.204. The van der Waals surface area contributed by atoms with Crippen molar-refractivity contribution >= 4 is 17.3 Å². The zero-order valence-corrected chi connectivity index (χ0v) is 12.1. The monoisotopic (exact) mass is 316 g/mol. The normalized spacial score (nSPS) is 10.1. The molecule has 0 aliphatic heterocycles. The molecule has 0 bridgehead atoms. The first-order valence-corrected chi connectivity index (χ1v) is 6.51. The molecule has 9 nitrogen and oxygen atoms in total. The lowest BCUT2D eigenvalue weighted by molar-refractivity contribution is -0.394. The lowest BCUT2D eigenvalue weighted by Gasteiger charge is -2.05. The Morgan fingerprint density at radius 2 is 1.74 bits per heavy atom. The van der Waals surface area contributed by atoms with Crippen molar-refractivity contribution in [1.82, 2.24) is 10.3 Å². The number of carbonyl (C=O) groups excluding carboxylic acids is 1. The summed E-state index contributed by atoms with van der Waals surface area (Å²) < 4.78 is 0. The van der Waals surface area contributed by atoms with E-state index in [-0.39, 0.29) is 12.1 Å². The maximum atomic E-state index is 12.1. The number of carbonyl (C=O) groups is 1. The average Bonchev–Trinajstić information content (AvgIpc) is 2.52. The van der Waals surface area contributed by atoms with Crippen molar-refractivity contribution < 1.29 is 14.6 Å². The van der Waals surface area contributed by atoms with E-state index in [0.29, 0.717) is 5.69 Å². The van der Waals surface area contributed by atoms with Gasteiger partial charge in [0.15, 0.2) is 0 Å². The van der Waals surface area contributed by atoms with Crippen molar-refractivity contribution in [3.63, 3.8) is 0 Å². The van der Waals surface area contributed by atoms with E-state index < -0.39 is 27.1 Å². The lowest BCUT2D eigenvalue weighted by atomic mass is 10.1. The maximum absolute atomic E-state index is 12.1. The molecule has 0 aliphatic carbocycles. The molecule has 0 radical (unpaired) electrons. The number of nitro groups is 2. The van der Waals surface area contributed by atoms with Crippen molar-refractivity contribution in [3.05, 3.63) is 73.6 Å². The topological polar surface area (TPSA) is 128 Å². The van der Waals surface area contributed by atoms with Gasteiger partial charge in [0.25, 0.3) is 17.3 Å². The fourth-order valence-corrected chi connectivity index (χ4v) is 1.91. The van der Waals surface area contributed by atoms with Crippen molar-refractivity contribution in [2.45, 2.75) is 13.5 Å². The Kier molecular flexibility index (Phi) is 4.60. The third kappa shape index (κ3) is 4.06. The van der Waals surface area contributed by atoms with Gasteiger partial charge in [-0.2, -0.15) is 0 Å². The smallest absolute Gasteiger partial charge is 0.277 e. The average molecular weight is 316 g/mol. The molecule has 0 aliphatic rings. The van der Waals surface area contributed by atoms with Gasteiger partial charge >= 0.3 is 0 Å². The third-order valence-electron chi connectivity index (χ3n) is 2.96. The van der Waals surface area contributed by atoms with E-state index in [1.54, 1.807) is 25.1 Å². The molecule has 2 rings (SSSR count). The number of nitrogens with zero attached hydrogens (tertiary/aromatic N) is 3. The van der Waals surface area contributed by atoms with Crippen LogP contribution in [0.2, 0.25) is 0 Å². The van der Waals surface area contributed by atoms with Crippen LogP contribution in [0, 0.1) is 27.2 Å². The Hall–Kier alpha value is -3.36. The van der Waals surface area contributed by atoms with E-state index in [4.69, 9.17) is 0 Å². The second-order valence-corrected chi connectivity index (χ2v) is 4.71. The number of nitrogens with one attached hydrogen (secondary N) is 1. The minimum Gasteiger partial charge on any atom is -0.346 e. The van der Waals surface area contributed by atoms with Gasteiger partial charge in [-0.15, -0.1) is 0 Å². The molecule has 0 fully saturated rings. The summed E-state index contributed by atoms with van der Waals surface area (Å²) in [7, 11) is 0. The van der Waals surface area contributed by atoms with Gasteiger partial charge < -0.3 is 5.32 Å². The summed E-state index contributed by atoms with van der Waals surface area (Å²) in [5, 5.41) is 24.1. The first-order chi connectivity index (χ1) is 10.9. The highest BCUT2D eigenvalue weighted by atomic mass is 16.6. The molecule has 2 aromatic rings. The highest BCUT2D eigenvalue weighted by molar-refractivity contribution is 5.95. The zero-order chi connectivity index (χ0) is 17.0. The number of amides is 1. The Bertz CT molecular complexity index is 758. The van der Waals surface area contributed by atoms with Gasteiger partial charge in [0.1, 0.15) is 0 Å². The van der Waals surface area contributed by atoms with Gasteiger partial charge in [-0.25, -0.2) is 0 Å². The van der Waals surface area contributed by atoms with Crippen molar-refractivity contribution in [2.24, 2.45) is 0 Å². The van der Waals surface area contributed by atoms with E-state index in [9.17, 15) is 25.0 Å². The van der Waals surface area contributed by atoms with Gasteiger partial charge in [0, 0.05) is 17.8 Å². The second-order valence-electron chi connectivity index (χ2n) is 4.71. The molecular formula is C14H12N4O5. The fourth-order valence-electron chi connectivity index (χ4n) is 1.91. The predicted molar refractivity (Wildman–Crippen MR) is 79.9 cm³/mol. The van der Waals surface area contributed by atoms with Crippen LogP contribution in [0.25, 0.3) is 0 Å². The Labute approximate surface area is 130 Å². The minimum absolute atomic E-state index is 0.108. The van der Waals surface area contributed by atoms with Crippen molar-refractivity contribution in [3.8, 4) is 0 Å². The summed E-state index contributed by atoms with van der Waals surface area (Å²) in [6, 6.07) is 8.08. The number of rotatable bonds is 5. The number of nitro benzene ring substituents is 2.